The monoisotopic (exact) mass is 282 g/mol. The van der Waals surface area contributed by atoms with Crippen molar-refractivity contribution in [3.8, 4) is 0 Å². The van der Waals surface area contributed by atoms with Gasteiger partial charge in [0.15, 0.2) is 0 Å². The second kappa shape index (κ2) is 4.56. The maximum absolute atomic E-state index is 11.4. The van der Waals surface area contributed by atoms with Crippen LogP contribution in [-0.4, -0.2) is 14.6 Å². The minimum Gasteiger partial charge on any atom is -0.294 e. The lowest BCUT2D eigenvalue weighted by Crippen LogP contribution is -2.00. The second-order valence-electron chi connectivity index (χ2n) is 4.70. The summed E-state index contributed by atoms with van der Waals surface area (Å²) in [6, 6.07) is 3.43. The van der Waals surface area contributed by atoms with Crippen molar-refractivity contribution >= 4 is 34.0 Å². The number of hydrogen-bond donors (Lipinski definition) is 0. The summed E-state index contributed by atoms with van der Waals surface area (Å²) in [6.45, 7) is 0. The zero-order valence-corrected chi connectivity index (χ0v) is 11.2. The molecule has 94 valence electrons. The molecule has 0 N–H and O–H groups in total. The molecule has 2 heterocycles. The third-order valence-corrected chi connectivity index (χ3v) is 4.00. The van der Waals surface area contributed by atoms with Gasteiger partial charge in [-0.1, -0.05) is 24.4 Å². The molecule has 5 heteroatoms. The van der Waals surface area contributed by atoms with E-state index in [0.717, 1.165) is 24.1 Å². The molecule has 2 aromatic rings. The molecule has 3 rings (SSSR count). The van der Waals surface area contributed by atoms with E-state index in [4.69, 9.17) is 23.2 Å². The molecule has 0 aromatic carbocycles. The minimum atomic E-state index is -0.516. The van der Waals surface area contributed by atoms with Crippen molar-refractivity contribution in [1.29, 1.82) is 0 Å². The molecule has 0 atom stereocenters. The van der Waals surface area contributed by atoms with Crippen LogP contribution in [0.15, 0.2) is 18.5 Å². The number of imidazole rings is 1. The highest BCUT2D eigenvalue weighted by Gasteiger charge is 2.23. The van der Waals surface area contributed by atoms with Gasteiger partial charge in [0.25, 0.3) is 5.24 Å². The number of fused-ring (bicyclic) bond motifs is 1. The zero-order valence-electron chi connectivity index (χ0n) is 9.70. The number of hydrogen-bond acceptors (Lipinski definition) is 2. The molecular weight excluding hydrogens is 271 g/mol. The second-order valence-corrected chi connectivity index (χ2v) is 5.48. The minimum absolute atomic E-state index is 0.371. The molecule has 0 aliphatic heterocycles. The molecule has 0 saturated heterocycles. The Morgan fingerprint density at radius 1 is 1.33 bits per heavy atom. The fourth-order valence-corrected chi connectivity index (χ4v) is 3.10. The van der Waals surface area contributed by atoms with E-state index in [9.17, 15) is 4.79 Å². The molecular formula is C13H12Cl2N2O. The van der Waals surface area contributed by atoms with Crippen LogP contribution in [0.4, 0.5) is 0 Å². The summed E-state index contributed by atoms with van der Waals surface area (Å²) in [6.07, 6.45) is 6.46. The molecule has 1 saturated carbocycles. The Labute approximate surface area is 115 Å². The van der Waals surface area contributed by atoms with Gasteiger partial charge in [0.1, 0.15) is 12.0 Å². The van der Waals surface area contributed by atoms with Crippen LogP contribution in [0.1, 0.15) is 47.8 Å². The van der Waals surface area contributed by atoms with Crippen LogP contribution in [0.3, 0.4) is 0 Å². The highest BCUT2D eigenvalue weighted by molar-refractivity contribution is 6.67. The number of pyridine rings is 1. The van der Waals surface area contributed by atoms with E-state index in [2.05, 4.69) is 4.98 Å². The lowest BCUT2D eigenvalue weighted by molar-refractivity contribution is 0.107. The van der Waals surface area contributed by atoms with E-state index >= 15 is 0 Å². The van der Waals surface area contributed by atoms with Crippen molar-refractivity contribution in [1.82, 2.24) is 9.38 Å². The molecule has 0 bridgehead atoms. The molecule has 2 aromatic heterocycles. The number of aromatic nitrogens is 2. The van der Waals surface area contributed by atoms with Gasteiger partial charge in [-0.3, -0.25) is 9.20 Å². The van der Waals surface area contributed by atoms with Crippen LogP contribution < -0.4 is 0 Å². The summed E-state index contributed by atoms with van der Waals surface area (Å²) in [7, 11) is 0. The third-order valence-electron chi connectivity index (χ3n) is 3.59. The molecule has 1 aliphatic carbocycles. The molecule has 18 heavy (non-hydrogen) atoms. The van der Waals surface area contributed by atoms with E-state index in [1.165, 1.54) is 12.8 Å². The Morgan fingerprint density at radius 2 is 2.06 bits per heavy atom. The highest BCUT2D eigenvalue weighted by atomic mass is 35.5. The standard InChI is InChI=1S/C13H12Cl2N2O/c14-9-5-10-12(8-3-1-2-4-8)16-7-17(10)11(6-9)13(15)18/h5-8H,1-4H2. The van der Waals surface area contributed by atoms with E-state index in [-0.39, 0.29) is 0 Å². The normalized spacial score (nSPS) is 16.6. The van der Waals surface area contributed by atoms with Crippen molar-refractivity contribution in [2.45, 2.75) is 31.6 Å². The summed E-state index contributed by atoms with van der Waals surface area (Å²) in [4.78, 5) is 15.9. The van der Waals surface area contributed by atoms with Crippen molar-refractivity contribution < 1.29 is 4.79 Å². The Balaban J connectivity index is 2.20. The van der Waals surface area contributed by atoms with Gasteiger partial charge < -0.3 is 0 Å². The average Bonchev–Trinajstić information content (AvgIpc) is 2.94. The first-order chi connectivity index (χ1) is 8.66. The van der Waals surface area contributed by atoms with Crippen molar-refractivity contribution in [2.75, 3.05) is 0 Å². The topological polar surface area (TPSA) is 34.4 Å². The van der Waals surface area contributed by atoms with Gasteiger partial charge >= 0.3 is 0 Å². The number of carbonyl (C=O) groups is 1. The SMILES string of the molecule is O=C(Cl)c1cc(Cl)cc2c(C3CCCC3)ncn12. The average molecular weight is 283 g/mol. The van der Waals surface area contributed by atoms with Crippen molar-refractivity contribution in [3.63, 3.8) is 0 Å². The van der Waals surface area contributed by atoms with Gasteiger partial charge in [0.2, 0.25) is 0 Å². The lowest BCUT2D eigenvalue weighted by Gasteiger charge is -2.07. The maximum atomic E-state index is 11.4. The first kappa shape index (κ1) is 12.0. The Bertz CT molecular complexity index is 615. The largest absolute Gasteiger partial charge is 0.294 e. The summed E-state index contributed by atoms with van der Waals surface area (Å²) >= 11 is 11.6. The number of carbonyl (C=O) groups excluding carboxylic acids is 1. The predicted molar refractivity (Wildman–Crippen MR) is 71.6 cm³/mol. The van der Waals surface area contributed by atoms with E-state index in [1.54, 1.807) is 16.8 Å². The molecule has 0 unspecified atom stereocenters. The van der Waals surface area contributed by atoms with Gasteiger partial charge in [0.05, 0.1) is 11.2 Å². The summed E-state index contributed by atoms with van der Waals surface area (Å²) in [5, 5.41) is 0.00381. The van der Waals surface area contributed by atoms with E-state index < -0.39 is 5.24 Å². The number of rotatable bonds is 2. The van der Waals surface area contributed by atoms with E-state index in [1.807, 2.05) is 6.07 Å². The van der Waals surface area contributed by atoms with Crippen LogP contribution >= 0.6 is 23.2 Å². The van der Waals surface area contributed by atoms with Gasteiger partial charge in [-0.05, 0) is 36.6 Å². The van der Waals surface area contributed by atoms with Gasteiger partial charge in [-0.15, -0.1) is 0 Å². The van der Waals surface area contributed by atoms with Crippen LogP contribution in [-0.2, 0) is 0 Å². The molecule has 1 aliphatic rings. The summed E-state index contributed by atoms with van der Waals surface area (Å²) in [5.41, 5.74) is 2.31. The predicted octanol–water partition coefficient (Wildman–Crippen LogP) is 4.02. The fourth-order valence-electron chi connectivity index (χ4n) is 2.74. The van der Waals surface area contributed by atoms with Gasteiger partial charge in [-0.25, -0.2) is 4.98 Å². The lowest BCUT2D eigenvalue weighted by atomic mass is 10.0. The Morgan fingerprint density at radius 3 is 2.72 bits per heavy atom. The Hall–Kier alpha value is -1.06. The maximum Gasteiger partial charge on any atom is 0.269 e. The zero-order chi connectivity index (χ0) is 12.7. The first-order valence-corrected chi connectivity index (χ1v) is 6.79. The third kappa shape index (κ3) is 1.91. The number of halogens is 2. The van der Waals surface area contributed by atoms with Gasteiger partial charge in [-0.2, -0.15) is 0 Å². The van der Waals surface area contributed by atoms with Crippen LogP contribution in [0.25, 0.3) is 5.52 Å². The van der Waals surface area contributed by atoms with Crippen LogP contribution in [0, 0.1) is 0 Å². The molecule has 0 spiro atoms. The van der Waals surface area contributed by atoms with Crippen LogP contribution in [0.5, 0.6) is 0 Å². The van der Waals surface area contributed by atoms with Gasteiger partial charge in [0, 0.05) is 10.9 Å². The summed E-state index contributed by atoms with van der Waals surface area (Å²) in [5.74, 6) is 0.478. The molecule has 3 nitrogen and oxygen atoms in total. The van der Waals surface area contributed by atoms with E-state index in [0.29, 0.717) is 16.6 Å². The molecule has 1 fully saturated rings. The van der Waals surface area contributed by atoms with Crippen molar-refractivity contribution in [3.05, 3.63) is 34.9 Å². The van der Waals surface area contributed by atoms with Crippen LogP contribution in [0.2, 0.25) is 5.02 Å². The first-order valence-electron chi connectivity index (χ1n) is 6.03. The smallest absolute Gasteiger partial charge is 0.269 e. The highest BCUT2D eigenvalue weighted by Crippen LogP contribution is 2.36. The fraction of sp³-hybridized carbons (Fsp3) is 0.385. The van der Waals surface area contributed by atoms with Crippen molar-refractivity contribution in [2.24, 2.45) is 0 Å². The summed E-state index contributed by atoms with van der Waals surface area (Å²) < 4.78 is 1.73. The molecule has 0 amide bonds. The molecule has 0 radical (unpaired) electrons. The number of nitrogens with zero attached hydrogens (tertiary/aromatic N) is 2. The quantitative estimate of drug-likeness (QED) is 0.780. The Kier molecular flexibility index (Phi) is 3.04.